The number of imidazole rings is 1. The van der Waals surface area contributed by atoms with E-state index >= 15 is 0 Å². The van der Waals surface area contributed by atoms with Gasteiger partial charge in [-0.3, -0.25) is 0 Å². The smallest absolute Gasteiger partial charge is 0.141 e. The molecule has 3 nitrogen and oxygen atoms in total. The van der Waals surface area contributed by atoms with E-state index in [0.717, 1.165) is 22.4 Å². The van der Waals surface area contributed by atoms with Crippen LogP contribution in [0.1, 0.15) is 16.7 Å². The van der Waals surface area contributed by atoms with Crippen LogP contribution in [0.25, 0.3) is 22.4 Å². The summed E-state index contributed by atoms with van der Waals surface area (Å²) in [5.41, 5.74) is 6.11. The standard InChI is InChI=1S/C17H15N3/c1-11-4-5-12(2)14(8-11)17-19-15-9-13(10-18)6-7-16(15)20(17)3/h4-9H,1-3H3. The highest BCUT2D eigenvalue weighted by Gasteiger charge is 2.12. The molecular formula is C17H15N3. The summed E-state index contributed by atoms with van der Waals surface area (Å²) in [6, 6.07) is 14.2. The lowest BCUT2D eigenvalue weighted by Crippen LogP contribution is -1.95. The van der Waals surface area contributed by atoms with Gasteiger partial charge < -0.3 is 4.57 Å². The lowest BCUT2D eigenvalue weighted by molar-refractivity contribution is 0.957. The second kappa shape index (κ2) is 4.50. The number of benzene rings is 2. The van der Waals surface area contributed by atoms with E-state index in [2.05, 4.69) is 42.7 Å². The number of aryl methyl sites for hydroxylation is 3. The predicted molar refractivity (Wildman–Crippen MR) is 80.3 cm³/mol. The summed E-state index contributed by atoms with van der Waals surface area (Å²) in [6.07, 6.45) is 0. The van der Waals surface area contributed by atoms with E-state index in [1.165, 1.54) is 11.1 Å². The molecule has 0 fully saturated rings. The van der Waals surface area contributed by atoms with Crippen molar-refractivity contribution in [2.24, 2.45) is 7.05 Å². The normalized spacial score (nSPS) is 10.7. The van der Waals surface area contributed by atoms with Crippen LogP contribution in [0, 0.1) is 25.2 Å². The van der Waals surface area contributed by atoms with E-state index in [1.807, 2.05) is 25.2 Å². The molecule has 0 radical (unpaired) electrons. The quantitative estimate of drug-likeness (QED) is 0.669. The Morgan fingerprint density at radius 1 is 1.10 bits per heavy atom. The maximum absolute atomic E-state index is 8.99. The largest absolute Gasteiger partial charge is 0.327 e. The molecule has 20 heavy (non-hydrogen) atoms. The summed E-state index contributed by atoms with van der Waals surface area (Å²) < 4.78 is 2.08. The van der Waals surface area contributed by atoms with Crippen molar-refractivity contribution >= 4 is 11.0 Å². The maximum atomic E-state index is 8.99. The second-order valence-corrected chi connectivity index (χ2v) is 5.13. The van der Waals surface area contributed by atoms with Gasteiger partial charge in [-0.2, -0.15) is 5.26 Å². The van der Waals surface area contributed by atoms with Crippen molar-refractivity contribution in [1.82, 2.24) is 9.55 Å². The number of nitriles is 1. The Kier molecular flexibility index (Phi) is 2.80. The molecule has 0 aliphatic rings. The Hall–Kier alpha value is -2.60. The molecule has 0 saturated carbocycles. The van der Waals surface area contributed by atoms with Crippen molar-refractivity contribution in [1.29, 1.82) is 5.26 Å². The third-order valence-electron chi connectivity index (χ3n) is 3.64. The predicted octanol–water partition coefficient (Wildman–Crippen LogP) is 3.73. The number of fused-ring (bicyclic) bond motifs is 1. The molecule has 0 aliphatic carbocycles. The molecule has 0 unspecified atom stereocenters. The van der Waals surface area contributed by atoms with E-state index in [0.29, 0.717) is 5.56 Å². The molecule has 3 heteroatoms. The van der Waals surface area contributed by atoms with Gasteiger partial charge in [0.05, 0.1) is 22.7 Å². The number of hydrogen-bond donors (Lipinski definition) is 0. The van der Waals surface area contributed by atoms with Crippen molar-refractivity contribution in [3.05, 3.63) is 53.1 Å². The SMILES string of the molecule is Cc1ccc(C)c(-c2nc3cc(C#N)ccc3n2C)c1. The minimum absolute atomic E-state index is 0.642. The summed E-state index contributed by atoms with van der Waals surface area (Å²) in [7, 11) is 2.01. The Bertz CT molecular complexity index is 851. The van der Waals surface area contributed by atoms with Crippen LogP contribution >= 0.6 is 0 Å². The van der Waals surface area contributed by atoms with E-state index in [1.54, 1.807) is 0 Å². The minimum Gasteiger partial charge on any atom is -0.327 e. The second-order valence-electron chi connectivity index (χ2n) is 5.13. The van der Waals surface area contributed by atoms with Gasteiger partial charge in [0.25, 0.3) is 0 Å². The third-order valence-corrected chi connectivity index (χ3v) is 3.64. The summed E-state index contributed by atoms with van der Waals surface area (Å²) >= 11 is 0. The van der Waals surface area contributed by atoms with Crippen molar-refractivity contribution in [2.75, 3.05) is 0 Å². The summed E-state index contributed by atoms with van der Waals surface area (Å²) in [6.45, 7) is 4.17. The average molecular weight is 261 g/mol. The van der Waals surface area contributed by atoms with Gasteiger partial charge >= 0.3 is 0 Å². The molecule has 0 saturated heterocycles. The molecule has 1 heterocycles. The van der Waals surface area contributed by atoms with Gasteiger partial charge in [-0.15, -0.1) is 0 Å². The molecule has 2 aromatic carbocycles. The van der Waals surface area contributed by atoms with Gasteiger partial charge in [-0.1, -0.05) is 17.7 Å². The first kappa shape index (κ1) is 12.4. The van der Waals surface area contributed by atoms with Crippen LogP contribution in [0.4, 0.5) is 0 Å². The molecule has 3 rings (SSSR count). The van der Waals surface area contributed by atoms with E-state index in [9.17, 15) is 0 Å². The van der Waals surface area contributed by atoms with Crippen molar-refractivity contribution in [2.45, 2.75) is 13.8 Å². The van der Waals surface area contributed by atoms with Gasteiger partial charge in [0.15, 0.2) is 0 Å². The summed E-state index contributed by atoms with van der Waals surface area (Å²) in [5.74, 6) is 0.941. The maximum Gasteiger partial charge on any atom is 0.141 e. The van der Waals surface area contributed by atoms with Crippen molar-refractivity contribution in [3.63, 3.8) is 0 Å². The van der Waals surface area contributed by atoms with Gasteiger partial charge in [0, 0.05) is 12.6 Å². The zero-order valence-electron chi connectivity index (χ0n) is 11.8. The molecular weight excluding hydrogens is 246 g/mol. The topological polar surface area (TPSA) is 41.6 Å². The van der Waals surface area contributed by atoms with Gasteiger partial charge in [-0.05, 0) is 43.7 Å². The molecule has 1 aromatic heterocycles. The Morgan fingerprint density at radius 2 is 1.90 bits per heavy atom. The lowest BCUT2D eigenvalue weighted by Gasteiger charge is -2.07. The molecule has 0 amide bonds. The fourth-order valence-electron chi connectivity index (χ4n) is 2.49. The van der Waals surface area contributed by atoms with Crippen LogP contribution in [0.2, 0.25) is 0 Å². The van der Waals surface area contributed by atoms with Gasteiger partial charge in [0.1, 0.15) is 5.82 Å². The Balaban J connectivity index is 2.29. The van der Waals surface area contributed by atoms with Gasteiger partial charge in [0.2, 0.25) is 0 Å². The highest BCUT2D eigenvalue weighted by Crippen LogP contribution is 2.27. The van der Waals surface area contributed by atoms with E-state index < -0.39 is 0 Å². The highest BCUT2D eigenvalue weighted by molar-refractivity contribution is 5.82. The Labute approximate surface area is 118 Å². The van der Waals surface area contributed by atoms with Crippen LogP contribution in [0.3, 0.4) is 0 Å². The fourth-order valence-corrected chi connectivity index (χ4v) is 2.49. The zero-order chi connectivity index (χ0) is 14.3. The lowest BCUT2D eigenvalue weighted by atomic mass is 10.1. The first-order valence-corrected chi connectivity index (χ1v) is 6.54. The zero-order valence-corrected chi connectivity index (χ0v) is 11.8. The minimum atomic E-state index is 0.642. The number of hydrogen-bond acceptors (Lipinski definition) is 2. The number of nitrogens with zero attached hydrogens (tertiary/aromatic N) is 3. The average Bonchev–Trinajstić information content (AvgIpc) is 2.78. The van der Waals surface area contributed by atoms with E-state index in [-0.39, 0.29) is 0 Å². The number of rotatable bonds is 1. The molecule has 0 bridgehead atoms. The fraction of sp³-hybridized carbons (Fsp3) is 0.176. The van der Waals surface area contributed by atoms with Crippen LogP contribution in [-0.4, -0.2) is 9.55 Å². The van der Waals surface area contributed by atoms with Crippen molar-refractivity contribution < 1.29 is 0 Å². The summed E-state index contributed by atoms with van der Waals surface area (Å²) in [4.78, 5) is 4.70. The van der Waals surface area contributed by atoms with Crippen molar-refractivity contribution in [3.8, 4) is 17.5 Å². The first-order chi connectivity index (χ1) is 9.60. The van der Waals surface area contributed by atoms with Gasteiger partial charge in [-0.25, -0.2) is 4.98 Å². The molecule has 3 aromatic rings. The molecule has 0 spiro atoms. The monoisotopic (exact) mass is 261 g/mol. The van der Waals surface area contributed by atoms with Crippen LogP contribution in [-0.2, 0) is 7.05 Å². The molecule has 0 N–H and O–H groups in total. The Morgan fingerprint density at radius 3 is 2.65 bits per heavy atom. The molecule has 0 atom stereocenters. The van der Waals surface area contributed by atoms with Crippen LogP contribution < -0.4 is 0 Å². The summed E-state index contributed by atoms with van der Waals surface area (Å²) in [5, 5.41) is 8.99. The number of aromatic nitrogens is 2. The highest BCUT2D eigenvalue weighted by atomic mass is 15.1. The molecule has 98 valence electrons. The first-order valence-electron chi connectivity index (χ1n) is 6.54. The third kappa shape index (κ3) is 1.86. The van der Waals surface area contributed by atoms with Crippen LogP contribution in [0.15, 0.2) is 36.4 Å². The molecule has 0 aliphatic heterocycles. The van der Waals surface area contributed by atoms with E-state index in [4.69, 9.17) is 10.2 Å². The van der Waals surface area contributed by atoms with Crippen LogP contribution in [0.5, 0.6) is 0 Å².